The van der Waals surface area contributed by atoms with Crippen molar-refractivity contribution < 1.29 is 32.5 Å². The van der Waals surface area contributed by atoms with E-state index < -0.39 is 27.4 Å². The van der Waals surface area contributed by atoms with Crippen molar-refractivity contribution in [3.63, 3.8) is 0 Å². The van der Waals surface area contributed by atoms with Crippen molar-refractivity contribution in [2.75, 3.05) is 26.1 Å². The second-order valence-electron chi connectivity index (χ2n) is 10.8. The number of carbonyl (C=O) groups excluding carboxylic acids is 1. The van der Waals surface area contributed by atoms with Crippen LogP contribution in [0.5, 0.6) is 11.5 Å². The number of aliphatic hydroxyl groups excluding tert-OH is 1. The normalized spacial score (nSPS) is 17.4. The maximum absolute atomic E-state index is 14.4. The Morgan fingerprint density at radius 1 is 0.979 bits per heavy atom. The highest BCUT2D eigenvalue weighted by Crippen LogP contribution is 2.43. The number of hydrogen-bond acceptors (Lipinski definition) is 9. The van der Waals surface area contributed by atoms with Crippen molar-refractivity contribution in [3.8, 4) is 11.5 Å². The zero-order valence-electron chi connectivity index (χ0n) is 25.8. The van der Waals surface area contributed by atoms with Gasteiger partial charge in [-0.1, -0.05) is 60.1 Å². The summed E-state index contributed by atoms with van der Waals surface area (Å²) in [5, 5.41) is 9.59. The van der Waals surface area contributed by atoms with Crippen LogP contribution in [0.4, 0.5) is 0 Å². The van der Waals surface area contributed by atoms with Crippen molar-refractivity contribution in [2.45, 2.75) is 35.9 Å². The molecule has 12 heteroatoms. The van der Waals surface area contributed by atoms with Gasteiger partial charge in [0, 0.05) is 36.6 Å². The Labute approximate surface area is 279 Å². The standard InChI is InChI=1S/C35H36ClN3O7S/c1-44-29-11-7-10-26(23-29)32-35(19-22-47(42,43)30-12-3-2-4-13-30,34(41)39-37-24-27-9-5-6-14-31(27)36)38-33(46-32)25-15-17-28(18-16-25)45-21-8-20-40/h2-7,9-18,23,32,37,40H,8,19-22,24H2,1H3,(H,39,41)/t32-,35-/m0/s1. The Kier molecular flexibility index (Phi) is 11.2. The van der Waals surface area contributed by atoms with Gasteiger partial charge in [0.25, 0.3) is 5.91 Å². The molecule has 3 N–H and O–H groups in total. The van der Waals surface area contributed by atoms with Crippen LogP contribution in [0.1, 0.15) is 35.6 Å². The first-order valence-corrected chi connectivity index (χ1v) is 17.1. The van der Waals surface area contributed by atoms with Crippen LogP contribution in [0.2, 0.25) is 5.02 Å². The van der Waals surface area contributed by atoms with Gasteiger partial charge in [-0.15, -0.1) is 0 Å². The lowest BCUT2D eigenvalue weighted by Crippen LogP contribution is -2.53. The second-order valence-corrected chi connectivity index (χ2v) is 13.4. The van der Waals surface area contributed by atoms with Crippen LogP contribution in [0.15, 0.2) is 113 Å². The van der Waals surface area contributed by atoms with Gasteiger partial charge in [0.15, 0.2) is 21.5 Å². The first-order chi connectivity index (χ1) is 22.8. The van der Waals surface area contributed by atoms with Gasteiger partial charge in [0.1, 0.15) is 11.5 Å². The monoisotopic (exact) mass is 677 g/mol. The third kappa shape index (κ3) is 8.12. The highest BCUT2D eigenvalue weighted by Gasteiger charge is 2.53. The van der Waals surface area contributed by atoms with Gasteiger partial charge in [-0.3, -0.25) is 10.2 Å². The van der Waals surface area contributed by atoms with E-state index in [4.69, 9.17) is 35.9 Å². The average molecular weight is 678 g/mol. The molecule has 4 aromatic carbocycles. The molecule has 1 aliphatic heterocycles. The first-order valence-electron chi connectivity index (χ1n) is 15.0. The number of halogens is 1. The molecule has 5 rings (SSSR count). The number of aliphatic hydroxyl groups is 1. The number of carbonyl (C=O) groups is 1. The SMILES string of the molecule is COc1cccc([C@@H]2OC(c3ccc(OCCCO)cc3)=N[C@]2(CCS(=O)(=O)c2ccccc2)C(=O)NNCc2ccccc2Cl)c1. The van der Waals surface area contributed by atoms with Crippen molar-refractivity contribution >= 4 is 33.2 Å². The quantitative estimate of drug-likeness (QED) is 0.118. The zero-order chi connectivity index (χ0) is 33.3. The number of hydrazine groups is 1. The molecule has 0 saturated carbocycles. The Balaban J connectivity index is 1.53. The summed E-state index contributed by atoms with van der Waals surface area (Å²) in [4.78, 5) is 19.4. The van der Waals surface area contributed by atoms with Gasteiger partial charge in [-0.2, -0.15) is 0 Å². The number of nitrogens with one attached hydrogen (secondary N) is 2. The lowest BCUT2D eigenvalue weighted by Gasteiger charge is -2.30. The van der Waals surface area contributed by atoms with Crippen LogP contribution in [0, 0.1) is 0 Å². The van der Waals surface area contributed by atoms with E-state index in [2.05, 4.69) is 10.9 Å². The van der Waals surface area contributed by atoms with E-state index in [1.807, 2.05) is 18.2 Å². The number of hydrogen-bond donors (Lipinski definition) is 3. The molecular weight excluding hydrogens is 642 g/mol. The summed E-state index contributed by atoms with van der Waals surface area (Å²) in [6.07, 6.45) is -0.716. The fourth-order valence-electron chi connectivity index (χ4n) is 5.18. The predicted octanol–water partition coefficient (Wildman–Crippen LogP) is 5.05. The molecule has 0 radical (unpaired) electrons. The average Bonchev–Trinajstić information content (AvgIpc) is 3.50. The van der Waals surface area contributed by atoms with Crippen LogP contribution in [-0.4, -0.2) is 56.9 Å². The van der Waals surface area contributed by atoms with Gasteiger partial charge in [0.2, 0.25) is 5.90 Å². The van der Waals surface area contributed by atoms with Crippen LogP contribution >= 0.6 is 11.6 Å². The summed E-state index contributed by atoms with van der Waals surface area (Å²) >= 11 is 6.32. The predicted molar refractivity (Wildman–Crippen MR) is 179 cm³/mol. The molecule has 0 fully saturated rings. The third-order valence-corrected chi connectivity index (χ3v) is 9.82. The molecule has 10 nitrogen and oxygen atoms in total. The summed E-state index contributed by atoms with van der Waals surface area (Å²) in [6, 6.07) is 29.4. The number of ether oxygens (including phenoxy) is 3. The minimum Gasteiger partial charge on any atom is -0.497 e. The second kappa shape index (κ2) is 15.4. The van der Waals surface area contributed by atoms with Crippen LogP contribution in [0.25, 0.3) is 0 Å². The summed E-state index contributed by atoms with van der Waals surface area (Å²) in [7, 11) is -2.27. The molecule has 1 aliphatic rings. The molecular formula is C35H36ClN3O7S. The molecule has 1 heterocycles. The van der Waals surface area contributed by atoms with Gasteiger partial charge >= 0.3 is 0 Å². The fraction of sp³-hybridized carbons (Fsp3) is 0.257. The maximum Gasteiger partial charge on any atom is 0.266 e. The lowest BCUT2D eigenvalue weighted by atomic mass is 9.85. The summed E-state index contributed by atoms with van der Waals surface area (Å²) < 4.78 is 44.7. The molecule has 0 unspecified atom stereocenters. The van der Waals surface area contributed by atoms with E-state index in [-0.39, 0.29) is 36.1 Å². The van der Waals surface area contributed by atoms with E-state index in [0.29, 0.717) is 40.7 Å². The largest absolute Gasteiger partial charge is 0.497 e. The fourth-order valence-corrected chi connectivity index (χ4v) is 6.77. The molecule has 0 aliphatic carbocycles. The first kappa shape index (κ1) is 33.9. The molecule has 246 valence electrons. The van der Waals surface area contributed by atoms with Gasteiger partial charge in [-0.25, -0.2) is 18.8 Å². The number of amides is 1. The molecule has 0 bridgehead atoms. The Hall–Kier alpha value is -4.42. The zero-order valence-corrected chi connectivity index (χ0v) is 27.3. The Morgan fingerprint density at radius 2 is 1.72 bits per heavy atom. The van der Waals surface area contributed by atoms with Crippen molar-refractivity contribution in [1.82, 2.24) is 10.9 Å². The molecule has 2 atom stereocenters. The highest BCUT2D eigenvalue weighted by atomic mass is 35.5. The number of benzene rings is 4. The molecule has 4 aromatic rings. The summed E-state index contributed by atoms with van der Waals surface area (Å²) in [5.74, 6) is 0.323. The number of rotatable bonds is 15. The van der Waals surface area contributed by atoms with E-state index in [0.717, 1.165) is 5.56 Å². The van der Waals surface area contributed by atoms with Gasteiger partial charge in [-0.05, 0) is 65.7 Å². The maximum atomic E-state index is 14.4. The van der Waals surface area contributed by atoms with E-state index in [1.165, 1.54) is 19.2 Å². The topological polar surface area (TPSA) is 136 Å². The minimum atomic E-state index is -3.81. The van der Waals surface area contributed by atoms with Crippen molar-refractivity contribution in [2.24, 2.45) is 4.99 Å². The van der Waals surface area contributed by atoms with Gasteiger partial charge < -0.3 is 19.3 Å². The summed E-state index contributed by atoms with van der Waals surface area (Å²) in [5.41, 5.74) is 5.87. The van der Waals surface area contributed by atoms with E-state index >= 15 is 0 Å². The number of aliphatic imine (C=N–C) groups is 1. The molecule has 47 heavy (non-hydrogen) atoms. The smallest absolute Gasteiger partial charge is 0.266 e. The van der Waals surface area contributed by atoms with Crippen LogP contribution in [-0.2, 0) is 25.9 Å². The Morgan fingerprint density at radius 3 is 2.45 bits per heavy atom. The lowest BCUT2D eigenvalue weighted by molar-refractivity contribution is -0.130. The van der Waals surface area contributed by atoms with Crippen molar-refractivity contribution in [1.29, 1.82) is 0 Å². The molecule has 0 saturated heterocycles. The summed E-state index contributed by atoms with van der Waals surface area (Å²) in [6.45, 7) is 0.583. The number of sulfone groups is 1. The molecule has 0 aromatic heterocycles. The van der Waals surface area contributed by atoms with Crippen molar-refractivity contribution in [3.05, 3.63) is 125 Å². The molecule has 0 spiro atoms. The number of nitrogens with zero attached hydrogens (tertiary/aromatic N) is 1. The van der Waals surface area contributed by atoms with Gasteiger partial charge in [0.05, 0.1) is 24.4 Å². The highest BCUT2D eigenvalue weighted by molar-refractivity contribution is 7.91. The van der Waals surface area contributed by atoms with Crippen LogP contribution in [0.3, 0.4) is 0 Å². The minimum absolute atomic E-state index is 0.0196. The van der Waals surface area contributed by atoms with Crippen LogP contribution < -0.4 is 20.3 Å². The third-order valence-electron chi connectivity index (χ3n) is 7.72. The molecule has 1 amide bonds. The number of methoxy groups -OCH3 is 1. The van der Waals surface area contributed by atoms with E-state index in [9.17, 15) is 13.2 Å². The Bertz CT molecular complexity index is 1800. The van der Waals surface area contributed by atoms with E-state index in [1.54, 1.807) is 72.8 Å².